The molecular formula is C28H33F3N6O2. The molecule has 208 valence electrons. The molecule has 2 aliphatic rings. The average Bonchev–Trinajstić information content (AvgIpc) is 3.79. The predicted octanol–water partition coefficient (Wildman–Crippen LogP) is 4.92. The van der Waals surface area contributed by atoms with Crippen molar-refractivity contribution in [3.63, 3.8) is 0 Å². The number of alkyl halides is 2. The first-order valence-corrected chi connectivity index (χ1v) is 13.1. The average molecular weight is 543 g/mol. The van der Waals surface area contributed by atoms with Crippen LogP contribution in [0.3, 0.4) is 0 Å². The highest BCUT2D eigenvalue weighted by atomic mass is 19.3. The number of aromatic nitrogens is 2. The number of carbonyl (C=O) groups is 2. The maximum absolute atomic E-state index is 15.1. The summed E-state index contributed by atoms with van der Waals surface area (Å²) in [5, 5.41) is 15.9. The summed E-state index contributed by atoms with van der Waals surface area (Å²) in [5.41, 5.74) is 0.247. The molecule has 0 aromatic carbocycles. The summed E-state index contributed by atoms with van der Waals surface area (Å²) < 4.78 is 41.7. The fraction of sp³-hybridized carbons (Fsp3) is 0.464. The number of rotatable bonds is 12. The summed E-state index contributed by atoms with van der Waals surface area (Å²) in [6.07, 6.45) is 5.82. The van der Waals surface area contributed by atoms with E-state index < -0.39 is 30.2 Å². The lowest BCUT2D eigenvalue weighted by molar-refractivity contribution is -0.126. The van der Waals surface area contributed by atoms with E-state index in [9.17, 15) is 18.4 Å². The minimum absolute atomic E-state index is 0.0135. The van der Waals surface area contributed by atoms with E-state index in [2.05, 4.69) is 25.9 Å². The third-order valence-corrected chi connectivity index (χ3v) is 7.10. The molecule has 4 N–H and O–H groups in total. The Morgan fingerprint density at radius 2 is 1.72 bits per heavy atom. The Balaban J connectivity index is 1.57. The van der Waals surface area contributed by atoms with Crippen LogP contribution < -0.4 is 16.0 Å². The van der Waals surface area contributed by atoms with Gasteiger partial charge in [0, 0.05) is 41.3 Å². The van der Waals surface area contributed by atoms with Crippen molar-refractivity contribution in [3.8, 4) is 11.1 Å². The summed E-state index contributed by atoms with van der Waals surface area (Å²) in [6.45, 7) is 5.18. The van der Waals surface area contributed by atoms with E-state index >= 15 is 4.39 Å². The molecule has 2 aromatic heterocycles. The SMILES string of the molecule is Cc1c(-c2ccc(NC(=O)C(NC(=O)/C(=C/C=N)NC(C)C)C(C3CC3)C3CC3)nc2F)cncc1C(F)F. The lowest BCUT2D eigenvalue weighted by atomic mass is 9.88. The molecule has 0 aliphatic heterocycles. The molecule has 1 atom stereocenters. The van der Waals surface area contributed by atoms with Crippen LogP contribution in [0.1, 0.15) is 57.1 Å². The van der Waals surface area contributed by atoms with Crippen LogP contribution in [-0.2, 0) is 9.59 Å². The molecule has 0 spiro atoms. The standard InChI is InChI=1S/C28H33F3N6O2/c1-14(2)34-21(10-11-32)27(38)37-24(23(16-4-5-16)17-6-7-17)28(39)36-22-9-8-18(26(31)35-22)19-12-33-13-20(15(19)3)25(29)30/h8-14,16-17,23-25,32,34H,4-7H2,1-3H3,(H,37,38)(H,35,36,39)/b21-10-,32-11?. The van der Waals surface area contributed by atoms with Crippen LogP contribution in [0.15, 0.2) is 36.3 Å². The van der Waals surface area contributed by atoms with E-state index in [1.165, 1.54) is 31.3 Å². The molecule has 8 nitrogen and oxygen atoms in total. The largest absolute Gasteiger partial charge is 0.378 e. The van der Waals surface area contributed by atoms with Gasteiger partial charge in [-0.25, -0.2) is 13.8 Å². The van der Waals surface area contributed by atoms with Gasteiger partial charge in [-0.3, -0.25) is 14.6 Å². The third-order valence-electron chi connectivity index (χ3n) is 7.10. The van der Waals surface area contributed by atoms with Crippen molar-refractivity contribution in [2.24, 2.45) is 17.8 Å². The number of nitrogens with zero attached hydrogens (tertiary/aromatic N) is 2. The van der Waals surface area contributed by atoms with Gasteiger partial charge in [-0.2, -0.15) is 4.39 Å². The zero-order valence-electron chi connectivity index (χ0n) is 22.1. The van der Waals surface area contributed by atoms with E-state index in [1.807, 2.05) is 13.8 Å². The van der Waals surface area contributed by atoms with Crippen molar-refractivity contribution in [1.82, 2.24) is 20.6 Å². The summed E-state index contributed by atoms with van der Waals surface area (Å²) in [7, 11) is 0. The lowest BCUT2D eigenvalue weighted by Crippen LogP contribution is -2.51. The Morgan fingerprint density at radius 1 is 1.05 bits per heavy atom. The number of pyridine rings is 2. The van der Waals surface area contributed by atoms with Gasteiger partial charge in [0.2, 0.25) is 11.9 Å². The molecule has 1 unspecified atom stereocenters. The Morgan fingerprint density at radius 3 is 2.26 bits per heavy atom. The van der Waals surface area contributed by atoms with Crippen LogP contribution in [0.2, 0.25) is 0 Å². The summed E-state index contributed by atoms with van der Waals surface area (Å²) in [6, 6.07) is 1.82. The summed E-state index contributed by atoms with van der Waals surface area (Å²) >= 11 is 0. The Kier molecular flexibility index (Phi) is 8.66. The fourth-order valence-electron chi connectivity index (χ4n) is 4.97. The molecule has 0 saturated heterocycles. The highest BCUT2D eigenvalue weighted by Crippen LogP contribution is 2.51. The summed E-state index contributed by atoms with van der Waals surface area (Å²) in [4.78, 5) is 34.3. The highest BCUT2D eigenvalue weighted by molar-refractivity contribution is 6.02. The number of halogens is 3. The molecule has 0 radical (unpaired) electrons. The van der Waals surface area contributed by atoms with E-state index in [1.54, 1.807) is 0 Å². The minimum Gasteiger partial charge on any atom is -0.378 e. The van der Waals surface area contributed by atoms with Gasteiger partial charge in [0.05, 0.1) is 0 Å². The molecule has 2 aromatic rings. The van der Waals surface area contributed by atoms with Crippen LogP contribution in [0.4, 0.5) is 19.0 Å². The van der Waals surface area contributed by atoms with E-state index in [4.69, 9.17) is 5.41 Å². The monoisotopic (exact) mass is 542 g/mol. The summed E-state index contributed by atoms with van der Waals surface area (Å²) in [5.74, 6) is -1.46. The van der Waals surface area contributed by atoms with E-state index in [-0.39, 0.29) is 45.7 Å². The second kappa shape index (κ2) is 12.0. The van der Waals surface area contributed by atoms with Crippen LogP contribution in [-0.4, -0.2) is 40.1 Å². The van der Waals surface area contributed by atoms with Gasteiger partial charge in [-0.15, -0.1) is 0 Å². The third kappa shape index (κ3) is 6.82. The molecule has 2 fully saturated rings. The molecule has 39 heavy (non-hydrogen) atoms. The number of amides is 2. The van der Waals surface area contributed by atoms with Crippen LogP contribution in [0, 0.1) is 36.0 Å². The molecule has 2 aliphatic carbocycles. The molecular weight excluding hydrogens is 509 g/mol. The van der Waals surface area contributed by atoms with Gasteiger partial charge in [0.25, 0.3) is 12.3 Å². The predicted molar refractivity (Wildman–Crippen MR) is 142 cm³/mol. The number of hydrogen-bond donors (Lipinski definition) is 4. The highest BCUT2D eigenvalue weighted by Gasteiger charge is 2.48. The van der Waals surface area contributed by atoms with Crippen molar-refractivity contribution in [3.05, 3.63) is 53.4 Å². The van der Waals surface area contributed by atoms with Gasteiger partial charge >= 0.3 is 0 Å². The molecule has 2 saturated carbocycles. The number of carbonyl (C=O) groups excluding carboxylic acids is 2. The van der Waals surface area contributed by atoms with Gasteiger partial charge in [-0.05, 0) is 88.0 Å². The van der Waals surface area contributed by atoms with E-state index in [0.717, 1.165) is 38.1 Å². The Labute approximate surface area is 225 Å². The molecule has 2 heterocycles. The van der Waals surface area contributed by atoms with Gasteiger partial charge in [0.1, 0.15) is 17.6 Å². The smallest absolute Gasteiger partial charge is 0.268 e. The first-order chi connectivity index (χ1) is 18.6. The first-order valence-electron chi connectivity index (χ1n) is 13.1. The van der Waals surface area contributed by atoms with Crippen molar-refractivity contribution < 1.29 is 22.8 Å². The van der Waals surface area contributed by atoms with Crippen molar-refractivity contribution in [2.75, 3.05) is 5.32 Å². The fourth-order valence-corrected chi connectivity index (χ4v) is 4.97. The topological polar surface area (TPSA) is 120 Å². The molecule has 4 rings (SSSR count). The van der Waals surface area contributed by atoms with E-state index in [0.29, 0.717) is 11.8 Å². The Hall–Kier alpha value is -3.76. The number of nitrogens with one attached hydrogen (secondary N) is 4. The maximum atomic E-state index is 15.1. The molecule has 2 amide bonds. The van der Waals surface area contributed by atoms with Crippen molar-refractivity contribution in [1.29, 1.82) is 5.41 Å². The minimum atomic E-state index is -2.75. The first kappa shape index (κ1) is 28.3. The quantitative estimate of drug-likeness (QED) is 0.172. The van der Waals surface area contributed by atoms with Crippen LogP contribution in [0.5, 0.6) is 0 Å². The van der Waals surface area contributed by atoms with Gasteiger partial charge in [0.15, 0.2) is 0 Å². The Bertz CT molecular complexity index is 1260. The van der Waals surface area contributed by atoms with Crippen molar-refractivity contribution in [2.45, 2.75) is 65.0 Å². The van der Waals surface area contributed by atoms with Gasteiger partial charge in [-0.1, -0.05) is 0 Å². The maximum Gasteiger partial charge on any atom is 0.268 e. The molecule has 11 heteroatoms. The zero-order valence-corrected chi connectivity index (χ0v) is 22.1. The number of hydrogen-bond acceptors (Lipinski definition) is 6. The van der Waals surface area contributed by atoms with Crippen molar-refractivity contribution >= 4 is 23.8 Å². The zero-order chi connectivity index (χ0) is 28.3. The normalized spacial score (nSPS) is 16.4. The second-order valence-corrected chi connectivity index (χ2v) is 10.5. The van der Waals surface area contributed by atoms with Crippen LogP contribution in [0.25, 0.3) is 11.1 Å². The molecule has 0 bridgehead atoms. The second-order valence-electron chi connectivity index (χ2n) is 10.5. The number of anilines is 1. The van der Waals surface area contributed by atoms with Crippen LogP contribution >= 0.6 is 0 Å². The lowest BCUT2D eigenvalue weighted by Gasteiger charge is -2.28. The number of allylic oxidation sites excluding steroid dienone is 1. The van der Waals surface area contributed by atoms with Gasteiger partial charge < -0.3 is 21.4 Å².